The van der Waals surface area contributed by atoms with E-state index >= 15 is 0 Å². The fourth-order valence-corrected chi connectivity index (χ4v) is 4.03. The average Bonchev–Trinajstić information content (AvgIpc) is 2.53. The summed E-state index contributed by atoms with van der Waals surface area (Å²) >= 11 is 0. The summed E-state index contributed by atoms with van der Waals surface area (Å²) in [6.45, 7) is 3.55. The lowest BCUT2D eigenvalue weighted by Gasteiger charge is -2.41. The van der Waals surface area contributed by atoms with Crippen molar-refractivity contribution in [3.8, 4) is 0 Å². The van der Waals surface area contributed by atoms with Crippen molar-refractivity contribution >= 4 is 0 Å². The van der Waals surface area contributed by atoms with Crippen molar-refractivity contribution in [2.24, 2.45) is 11.8 Å². The minimum absolute atomic E-state index is 0.305. The Balaban J connectivity index is 1.47. The molecule has 1 aliphatic heterocycles. The molecule has 2 heteroatoms. The second-order valence-corrected chi connectivity index (χ2v) is 6.61. The molecule has 3 unspecified atom stereocenters. The number of aliphatic hydroxyl groups excluding tert-OH is 1. The lowest BCUT2D eigenvalue weighted by Crippen LogP contribution is -2.42. The molecule has 1 aromatic rings. The molecule has 0 amide bonds. The van der Waals surface area contributed by atoms with Crippen LogP contribution in [0.3, 0.4) is 0 Å². The minimum Gasteiger partial charge on any atom is -0.388 e. The first-order chi connectivity index (χ1) is 9.83. The van der Waals surface area contributed by atoms with Crippen molar-refractivity contribution in [1.29, 1.82) is 0 Å². The van der Waals surface area contributed by atoms with Crippen molar-refractivity contribution in [3.63, 3.8) is 0 Å². The van der Waals surface area contributed by atoms with Crippen molar-refractivity contribution < 1.29 is 5.11 Å². The fourth-order valence-electron chi connectivity index (χ4n) is 4.03. The summed E-state index contributed by atoms with van der Waals surface area (Å²) < 4.78 is 0. The Kier molecular flexibility index (Phi) is 4.74. The van der Waals surface area contributed by atoms with E-state index in [4.69, 9.17) is 0 Å². The largest absolute Gasteiger partial charge is 0.388 e. The summed E-state index contributed by atoms with van der Waals surface area (Å²) in [5.41, 5.74) is 1.06. The number of benzene rings is 1. The Morgan fingerprint density at radius 2 is 1.80 bits per heavy atom. The van der Waals surface area contributed by atoms with E-state index in [1.54, 1.807) is 0 Å². The lowest BCUT2D eigenvalue weighted by atomic mass is 9.75. The molecule has 110 valence electrons. The van der Waals surface area contributed by atoms with Gasteiger partial charge in [0, 0.05) is 13.1 Å². The minimum atomic E-state index is -0.305. The highest BCUT2D eigenvalue weighted by atomic mass is 16.3. The third kappa shape index (κ3) is 3.42. The molecular weight excluding hydrogens is 246 g/mol. The van der Waals surface area contributed by atoms with E-state index in [0.717, 1.165) is 30.4 Å². The van der Waals surface area contributed by atoms with Gasteiger partial charge in [-0.2, -0.15) is 0 Å². The number of fused-ring (bicyclic) bond motifs is 1. The van der Waals surface area contributed by atoms with Crippen molar-refractivity contribution in [1.82, 2.24) is 4.90 Å². The van der Waals surface area contributed by atoms with Crippen LogP contribution in [0.5, 0.6) is 0 Å². The number of piperidine rings is 1. The SMILES string of the molecule is OC(CCN1CCC2CCCCC2C1)c1ccccc1. The van der Waals surface area contributed by atoms with Gasteiger partial charge in [0.2, 0.25) is 0 Å². The molecule has 2 nitrogen and oxygen atoms in total. The van der Waals surface area contributed by atoms with E-state index in [9.17, 15) is 5.11 Å². The highest BCUT2D eigenvalue weighted by Crippen LogP contribution is 2.36. The van der Waals surface area contributed by atoms with Gasteiger partial charge in [0.15, 0.2) is 0 Å². The first kappa shape index (κ1) is 14.1. The van der Waals surface area contributed by atoms with Crippen molar-refractivity contribution in [2.45, 2.75) is 44.6 Å². The van der Waals surface area contributed by atoms with E-state index in [-0.39, 0.29) is 6.10 Å². The van der Waals surface area contributed by atoms with E-state index in [2.05, 4.69) is 4.90 Å². The Morgan fingerprint density at radius 1 is 1.05 bits per heavy atom. The summed E-state index contributed by atoms with van der Waals surface area (Å²) in [6, 6.07) is 10.1. The number of likely N-dealkylation sites (tertiary alicyclic amines) is 1. The molecule has 0 spiro atoms. The quantitative estimate of drug-likeness (QED) is 0.905. The predicted molar refractivity (Wildman–Crippen MR) is 82.5 cm³/mol. The fraction of sp³-hybridized carbons (Fsp3) is 0.667. The molecule has 2 aliphatic rings. The molecule has 3 atom stereocenters. The van der Waals surface area contributed by atoms with Gasteiger partial charge in [-0.25, -0.2) is 0 Å². The number of hydrogen-bond donors (Lipinski definition) is 1. The third-order valence-electron chi connectivity index (χ3n) is 5.28. The lowest BCUT2D eigenvalue weighted by molar-refractivity contribution is 0.0705. The zero-order valence-corrected chi connectivity index (χ0v) is 12.4. The van der Waals surface area contributed by atoms with Crippen LogP contribution in [0.4, 0.5) is 0 Å². The summed E-state index contributed by atoms with van der Waals surface area (Å²) in [5.74, 6) is 1.94. The Bertz CT molecular complexity index is 405. The van der Waals surface area contributed by atoms with E-state index in [1.807, 2.05) is 30.3 Å². The Labute approximate surface area is 122 Å². The molecule has 0 bridgehead atoms. The maximum absolute atomic E-state index is 10.3. The molecule has 20 heavy (non-hydrogen) atoms. The molecule has 1 saturated carbocycles. The van der Waals surface area contributed by atoms with E-state index in [0.29, 0.717) is 0 Å². The van der Waals surface area contributed by atoms with Gasteiger partial charge in [0.05, 0.1) is 6.10 Å². The molecule has 1 aliphatic carbocycles. The zero-order valence-electron chi connectivity index (χ0n) is 12.4. The van der Waals surface area contributed by atoms with Crippen LogP contribution < -0.4 is 0 Å². The van der Waals surface area contributed by atoms with Crippen molar-refractivity contribution in [2.75, 3.05) is 19.6 Å². The van der Waals surface area contributed by atoms with Crippen molar-refractivity contribution in [3.05, 3.63) is 35.9 Å². The monoisotopic (exact) mass is 273 g/mol. The van der Waals surface area contributed by atoms with Gasteiger partial charge in [-0.1, -0.05) is 49.6 Å². The highest BCUT2D eigenvalue weighted by Gasteiger charge is 2.30. The summed E-state index contributed by atoms with van der Waals surface area (Å²) in [6.07, 6.45) is 7.72. The van der Waals surface area contributed by atoms with Crippen LogP contribution in [0.15, 0.2) is 30.3 Å². The molecule has 1 heterocycles. The third-order valence-corrected chi connectivity index (χ3v) is 5.28. The maximum atomic E-state index is 10.3. The average molecular weight is 273 g/mol. The van der Waals surface area contributed by atoms with Gasteiger partial charge in [-0.15, -0.1) is 0 Å². The smallest absolute Gasteiger partial charge is 0.0802 e. The predicted octanol–water partition coefficient (Wildman–Crippen LogP) is 3.62. The van der Waals surface area contributed by atoms with Crippen LogP contribution in [0.2, 0.25) is 0 Å². The normalized spacial score (nSPS) is 28.9. The first-order valence-corrected chi connectivity index (χ1v) is 8.28. The Morgan fingerprint density at radius 3 is 2.60 bits per heavy atom. The summed E-state index contributed by atoms with van der Waals surface area (Å²) in [5, 5.41) is 10.3. The molecular formula is C18H27NO. The molecule has 0 radical (unpaired) electrons. The van der Waals surface area contributed by atoms with Crippen LogP contribution in [-0.4, -0.2) is 29.6 Å². The van der Waals surface area contributed by atoms with Crippen LogP contribution in [-0.2, 0) is 0 Å². The number of hydrogen-bond acceptors (Lipinski definition) is 2. The summed E-state index contributed by atoms with van der Waals surface area (Å²) in [7, 11) is 0. The molecule has 1 aromatic carbocycles. The highest BCUT2D eigenvalue weighted by molar-refractivity contribution is 5.17. The molecule has 1 saturated heterocycles. The molecule has 2 fully saturated rings. The van der Waals surface area contributed by atoms with Crippen LogP contribution in [0.1, 0.15) is 50.2 Å². The number of aliphatic hydroxyl groups is 1. The van der Waals surface area contributed by atoms with Crippen LogP contribution >= 0.6 is 0 Å². The summed E-state index contributed by atoms with van der Waals surface area (Å²) in [4.78, 5) is 2.58. The first-order valence-electron chi connectivity index (χ1n) is 8.28. The molecule has 1 N–H and O–H groups in total. The zero-order chi connectivity index (χ0) is 13.8. The van der Waals surface area contributed by atoms with Gasteiger partial charge >= 0.3 is 0 Å². The van der Waals surface area contributed by atoms with Gasteiger partial charge < -0.3 is 10.0 Å². The van der Waals surface area contributed by atoms with Crippen LogP contribution in [0, 0.1) is 11.8 Å². The van der Waals surface area contributed by atoms with E-state index < -0.39 is 0 Å². The maximum Gasteiger partial charge on any atom is 0.0802 e. The topological polar surface area (TPSA) is 23.5 Å². The van der Waals surface area contributed by atoms with Crippen LogP contribution in [0.25, 0.3) is 0 Å². The van der Waals surface area contributed by atoms with Gasteiger partial charge in [-0.05, 0) is 43.2 Å². The second-order valence-electron chi connectivity index (χ2n) is 6.61. The molecule has 3 rings (SSSR count). The van der Waals surface area contributed by atoms with Gasteiger partial charge in [0.25, 0.3) is 0 Å². The number of rotatable bonds is 4. The standard InChI is InChI=1S/C18H27NO/c20-18(16-7-2-1-3-8-16)11-13-19-12-10-15-6-4-5-9-17(15)14-19/h1-3,7-8,15,17-18,20H,4-6,9-14H2. The van der Waals surface area contributed by atoms with Gasteiger partial charge in [-0.3, -0.25) is 0 Å². The van der Waals surface area contributed by atoms with Gasteiger partial charge in [0.1, 0.15) is 0 Å². The molecule has 0 aromatic heterocycles. The van der Waals surface area contributed by atoms with E-state index in [1.165, 1.54) is 45.2 Å². The Hall–Kier alpha value is -0.860. The number of nitrogens with zero attached hydrogens (tertiary/aromatic N) is 1. The second kappa shape index (κ2) is 6.73.